The molecule has 0 fully saturated rings. The van der Waals surface area contributed by atoms with Gasteiger partial charge in [0, 0.05) is 18.5 Å². The lowest BCUT2D eigenvalue weighted by molar-refractivity contribution is 0.0337. The van der Waals surface area contributed by atoms with Gasteiger partial charge in [0.1, 0.15) is 24.0 Å². The van der Waals surface area contributed by atoms with Crippen LogP contribution in [0.4, 0.5) is 4.79 Å². The van der Waals surface area contributed by atoms with E-state index in [2.05, 4.69) is 11.8 Å². The van der Waals surface area contributed by atoms with E-state index in [0.29, 0.717) is 18.5 Å². The zero-order valence-electron chi connectivity index (χ0n) is 10.8. The minimum absolute atomic E-state index is 0.213. The van der Waals surface area contributed by atoms with E-state index in [1.165, 1.54) is 4.90 Å². The summed E-state index contributed by atoms with van der Waals surface area (Å²) in [5.41, 5.74) is 0.180. The SMILES string of the molecule is CC(C)(C)OC(=O)N1CCC(C#CCO)=C1C#N. The first-order valence-electron chi connectivity index (χ1n) is 5.62. The summed E-state index contributed by atoms with van der Waals surface area (Å²) in [6, 6.07) is 1.96. The molecule has 1 amide bonds. The van der Waals surface area contributed by atoms with Crippen molar-refractivity contribution < 1.29 is 14.6 Å². The van der Waals surface area contributed by atoms with Gasteiger partial charge >= 0.3 is 6.09 Å². The van der Waals surface area contributed by atoms with Crippen LogP contribution in [0.1, 0.15) is 27.2 Å². The number of ether oxygens (including phenoxy) is 1. The van der Waals surface area contributed by atoms with Gasteiger partial charge in [0.15, 0.2) is 0 Å². The highest BCUT2D eigenvalue weighted by molar-refractivity contribution is 5.73. The molecule has 0 saturated heterocycles. The molecule has 0 bridgehead atoms. The van der Waals surface area contributed by atoms with E-state index in [4.69, 9.17) is 15.1 Å². The van der Waals surface area contributed by atoms with Crippen LogP contribution in [0.3, 0.4) is 0 Å². The van der Waals surface area contributed by atoms with Crippen LogP contribution in [0.15, 0.2) is 11.3 Å². The van der Waals surface area contributed by atoms with Crippen LogP contribution in [-0.2, 0) is 4.74 Å². The van der Waals surface area contributed by atoms with Crippen molar-refractivity contribution in [2.24, 2.45) is 0 Å². The van der Waals surface area contributed by atoms with Gasteiger partial charge < -0.3 is 9.84 Å². The number of nitriles is 1. The molecule has 0 aliphatic carbocycles. The molecule has 1 N–H and O–H groups in total. The molecule has 1 heterocycles. The zero-order valence-corrected chi connectivity index (χ0v) is 10.8. The maximum Gasteiger partial charge on any atom is 0.415 e. The van der Waals surface area contributed by atoms with Crippen molar-refractivity contribution in [3.8, 4) is 17.9 Å². The van der Waals surface area contributed by atoms with Crippen LogP contribution in [-0.4, -0.2) is 34.9 Å². The number of nitrogens with zero attached hydrogens (tertiary/aromatic N) is 2. The van der Waals surface area contributed by atoms with Gasteiger partial charge in [-0.05, 0) is 20.8 Å². The summed E-state index contributed by atoms with van der Waals surface area (Å²) < 4.78 is 5.21. The fourth-order valence-electron chi connectivity index (χ4n) is 1.51. The number of hydrogen-bond acceptors (Lipinski definition) is 4. The number of aliphatic hydroxyl groups is 1. The first kappa shape index (κ1) is 14.1. The summed E-state index contributed by atoms with van der Waals surface area (Å²) in [6.45, 7) is 5.41. The van der Waals surface area contributed by atoms with Crippen LogP contribution in [0.5, 0.6) is 0 Å². The normalized spacial score (nSPS) is 14.9. The van der Waals surface area contributed by atoms with Crippen molar-refractivity contribution in [1.29, 1.82) is 5.26 Å². The van der Waals surface area contributed by atoms with Crippen LogP contribution in [0.2, 0.25) is 0 Å². The minimum atomic E-state index is -0.600. The van der Waals surface area contributed by atoms with Gasteiger partial charge in [0.05, 0.1) is 0 Å². The molecule has 0 radical (unpaired) electrons. The monoisotopic (exact) mass is 248 g/mol. The Kier molecular flexibility index (Phi) is 4.36. The smallest absolute Gasteiger partial charge is 0.415 e. The second-order valence-corrected chi connectivity index (χ2v) is 4.78. The van der Waals surface area contributed by atoms with Gasteiger partial charge in [-0.2, -0.15) is 5.26 Å². The third-order valence-electron chi connectivity index (χ3n) is 2.18. The quantitative estimate of drug-likeness (QED) is 0.658. The maximum atomic E-state index is 11.9. The number of amides is 1. The Hall–Kier alpha value is -1.98. The fraction of sp³-hybridized carbons (Fsp3) is 0.538. The molecule has 0 aromatic heterocycles. The molecule has 96 valence electrons. The summed E-state index contributed by atoms with van der Waals surface area (Å²) in [7, 11) is 0. The van der Waals surface area contributed by atoms with Gasteiger partial charge in [-0.25, -0.2) is 4.79 Å². The highest BCUT2D eigenvalue weighted by Crippen LogP contribution is 2.24. The Morgan fingerprint density at radius 3 is 2.72 bits per heavy atom. The fourth-order valence-corrected chi connectivity index (χ4v) is 1.51. The molecular weight excluding hydrogens is 232 g/mol. The lowest BCUT2D eigenvalue weighted by Gasteiger charge is -2.24. The molecule has 1 aliphatic heterocycles. The van der Waals surface area contributed by atoms with E-state index in [9.17, 15) is 4.79 Å². The Balaban J connectivity index is 2.90. The van der Waals surface area contributed by atoms with E-state index in [1.807, 2.05) is 6.07 Å². The van der Waals surface area contributed by atoms with Crippen molar-refractivity contribution in [3.63, 3.8) is 0 Å². The average Bonchev–Trinajstić information content (AvgIpc) is 2.66. The molecular formula is C13H16N2O3. The minimum Gasteiger partial charge on any atom is -0.443 e. The molecule has 1 rings (SSSR count). The Morgan fingerprint density at radius 2 is 2.22 bits per heavy atom. The topological polar surface area (TPSA) is 73.6 Å². The molecule has 0 spiro atoms. The van der Waals surface area contributed by atoms with E-state index >= 15 is 0 Å². The third-order valence-corrected chi connectivity index (χ3v) is 2.18. The largest absolute Gasteiger partial charge is 0.443 e. The summed E-state index contributed by atoms with van der Waals surface area (Å²) in [6.07, 6.45) is -0.0327. The average molecular weight is 248 g/mol. The lowest BCUT2D eigenvalue weighted by Crippen LogP contribution is -2.34. The first-order chi connectivity index (χ1) is 8.39. The van der Waals surface area contributed by atoms with Crippen molar-refractivity contribution in [1.82, 2.24) is 4.90 Å². The summed E-state index contributed by atoms with van der Waals surface area (Å²) in [4.78, 5) is 13.2. The van der Waals surface area contributed by atoms with Crippen molar-refractivity contribution in [2.45, 2.75) is 32.8 Å². The maximum absolute atomic E-state index is 11.9. The van der Waals surface area contributed by atoms with Crippen molar-refractivity contribution in [3.05, 3.63) is 11.3 Å². The molecule has 5 nitrogen and oxygen atoms in total. The Labute approximate surface area is 107 Å². The second kappa shape index (κ2) is 5.57. The molecule has 0 saturated carbocycles. The first-order valence-corrected chi connectivity index (χ1v) is 5.62. The standard InChI is InChI=1S/C13H16N2O3/c1-13(2,3)18-12(17)15-7-6-10(5-4-8-16)11(15)9-14/h16H,6-8H2,1-3H3. The summed E-state index contributed by atoms with van der Waals surface area (Å²) in [5, 5.41) is 17.7. The van der Waals surface area contributed by atoms with Crippen LogP contribution < -0.4 is 0 Å². The molecule has 5 heteroatoms. The van der Waals surface area contributed by atoms with Gasteiger partial charge in [-0.15, -0.1) is 0 Å². The third kappa shape index (κ3) is 3.51. The zero-order chi connectivity index (χ0) is 13.8. The van der Waals surface area contributed by atoms with E-state index in [1.54, 1.807) is 20.8 Å². The Morgan fingerprint density at radius 1 is 1.56 bits per heavy atom. The number of rotatable bonds is 0. The lowest BCUT2D eigenvalue weighted by atomic mass is 10.2. The highest BCUT2D eigenvalue weighted by atomic mass is 16.6. The van der Waals surface area contributed by atoms with Gasteiger partial charge in [-0.1, -0.05) is 11.8 Å². The van der Waals surface area contributed by atoms with Crippen LogP contribution in [0, 0.1) is 23.2 Å². The summed E-state index contributed by atoms with van der Waals surface area (Å²) in [5.74, 6) is 5.17. The van der Waals surface area contributed by atoms with Crippen molar-refractivity contribution in [2.75, 3.05) is 13.2 Å². The number of carbonyl (C=O) groups is 1. The number of aliphatic hydroxyl groups excluding tert-OH is 1. The van der Waals surface area contributed by atoms with E-state index in [-0.39, 0.29) is 12.3 Å². The van der Waals surface area contributed by atoms with E-state index < -0.39 is 11.7 Å². The highest BCUT2D eigenvalue weighted by Gasteiger charge is 2.30. The molecule has 0 aromatic rings. The Bertz CT molecular complexity index is 469. The van der Waals surface area contributed by atoms with Crippen molar-refractivity contribution >= 4 is 6.09 Å². The molecule has 0 atom stereocenters. The second-order valence-electron chi connectivity index (χ2n) is 4.78. The summed E-state index contributed by atoms with van der Waals surface area (Å²) >= 11 is 0. The van der Waals surface area contributed by atoms with E-state index in [0.717, 1.165) is 0 Å². The number of carbonyl (C=O) groups excluding carboxylic acids is 1. The predicted octanol–water partition coefficient (Wildman–Crippen LogP) is 1.40. The molecule has 1 aliphatic rings. The van der Waals surface area contributed by atoms with Gasteiger partial charge in [0.25, 0.3) is 0 Å². The molecule has 18 heavy (non-hydrogen) atoms. The van der Waals surface area contributed by atoms with Gasteiger partial charge in [0.2, 0.25) is 0 Å². The van der Waals surface area contributed by atoms with Crippen LogP contribution in [0.25, 0.3) is 0 Å². The number of allylic oxidation sites excluding steroid dienone is 1. The molecule has 0 unspecified atom stereocenters. The number of hydrogen-bond donors (Lipinski definition) is 1. The molecule has 0 aromatic carbocycles. The van der Waals surface area contributed by atoms with Gasteiger partial charge in [-0.3, -0.25) is 4.90 Å². The van der Waals surface area contributed by atoms with Crippen LogP contribution >= 0.6 is 0 Å². The predicted molar refractivity (Wildman–Crippen MR) is 65.1 cm³/mol.